The summed E-state index contributed by atoms with van der Waals surface area (Å²) < 4.78 is 11.6. The van der Waals surface area contributed by atoms with E-state index < -0.39 is 0 Å². The van der Waals surface area contributed by atoms with E-state index in [1.54, 1.807) is 0 Å². The molecule has 0 amide bonds. The van der Waals surface area contributed by atoms with Crippen LogP contribution in [-0.2, 0) is 6.42 Å². The van der Waals surface area contributed by atoms with E-state index >= 15 is 0 Å². The van der Waals surface area contributed by atoms with Crippen molar-refractivity contribution in [2.24, 2.45) is 0 Å². The molecule has 0 fully saturated rings. The van der Waals surface area contributed by atoms with Gasteiger partial charge >= 0.3 is 0 Å². The molecule has 0 saturated carbocycles. The number of aromatic nitrogens is 3. The maximum atomic E-state index is 6.54. The highest BCUT2D eigenvalue weighted by Crippen LogP contribution is 2.44. The van der Waals surface area contributed by atoms with E-state index in [1.165, 1.54) is 75.5 Å². The molecule has 13 rings (SSSR count). The molecular formula is C58H37N3OS. The number of para-hydroxylation sites is 1. The van der Waals surface area contributed by atoms with Crippen molar-refractivity contribution >= 4 is 76.1 Å². The van der Waals surface area contributed by atoms with Crippen LogP contribution < -0.4 is 0 Å². The Morgan fingerprint density at radius 1 is 0.429 bits per heavy atom. The molecule has 0 saturated heterocycles. The molecule has 12 aromatic rings. The van der Waals surface area contributed by atoms with Crippen LogP contribution in [0.15, 0.2) is 199 Å². The molecule has 5 aromatic heterocycles. The number of hydrogen-bond donors (Lipinski definition) is 0. The van der Waals surface area contributed by atoms with E-state index in [4.69, 9.17) is 4.42 Å². The molecule has 0 bridgehead atoms. The third kappa shape index (κ3) is 5.89. The Labute approximate surface area is 367 Å². The molecule has 1 aliphatic carbocycles. The van der Waals surface area contributed by atoms with Gasteiger partial charge in [-0.15, -0.1) is 11.3 Å². The minimum atomic E-state index is 0.840. The molecule has 296 valence electrons. The Balaban J connectivity index is 0.904. The number of thiophene rings is 1. The third-order valence-corrected chi connectivity index (χ3v) is 14.0. The average Bonchev–Trinajstić information content (AvgIpc) is 4.02. The zero-order valence-corrected chi connectivity index (χ0v) is 34.9. The molecule has 0 unspecified atom stereocenters. The van der Waals surface area contributed by atoms with E-state index in [-0.39, 0.29) is 0 Å². The predicted molar refractivity (Wildman–Crippen MR) is 264 cm³/mol. The first-order valence-electron chi connectivity index (χ1n) is 21.5. The lowest BCUT2D eigenvalue weighted by Gasteiger charge is -2.17. The Kier molecular flexibility index (Phi) is 8.18. The van der Waals surface area contributed by atoms with Crippen LogP contribution in [0.4, 0.5) is 0 Å². The molecule has 0 spiro atoms. The highest BCUT2D eigenvalue weighted by Gasteiger charge is 2.23. The van der Waals surface area contributed by atoms with Gasteiger partial charge in [0.2, 0.25) is 0 Å². The van der Waals surface area contributed by atoms with E-state index in [1.807, 2.05) is 41.9 Å². The van der Waals surface area contributed by atoms with Crippen molar-refractivity contribution in [1.82, 2.24) is 14.5 Å². The molecule has 4 nitrogen and oxygen atoms in total. The molecule has 0 N–H and O–H groups in total. The molecular weight excluding hydrogens is 787 g/mol. The Bertz CT molecular complexity index is 3800. The van der Waals surface area contributed by atoms with Crippen molar-refractivity contribution < 1.29 is 4.42 Å². The summed E-state index contributed by atoms with van der Waals surface area (Å²) in [6.07, 6.45) is 7.82. The van der Waals surface area contributed by atoms with Crippen LogP contribution in [-0.4, -0.2) is 14.5 Å². The van der Waals surface area contributed by atoms with Crippen molar-refractivity contribution in [3.63, 3.8) is 0 Å². The summed E-state index contributed by atoms with van der Waals surface area (Å²) in [5.74, 6) is 1.05. The van der Waals surface area contributed by atoms with Gasteiger partial charge in [-0.3, -0.25) is 9.97 Å². The molecule has 0 radical (unpaired) electrons. The fourth-order valence-corrected chi connectivity index (χ4v) is 10.9. The molecule has 0 aliphatic heterocycles. The molecule has 5 heterocycles. The zero-order chi connectivity index (χ0) is 41.4. The van der Waals surface area contributed by atoms with Crippen LogP contribution in [0.5, 0.6) is 0 Å². The van der Waals surface area contributed by atoms with Gasteiger partial charge in [-0.05, 0) is 125 Å². The average molecular weight is 824 g/mol. The van der Waals surface area contributed by atoms with Crippen molar-refractivity contribution in [2.75, 3.05) is 0 Å². The number of benzene rings is 7. The van der Waals surface area contributed by atoms with Gasteiger partial charge in [0.15, 0.2) is 0 Å². The summed E-state index contributed by atoms with van der Waals surface area (Å²) in [5.41, 5.74) is 17.1. The highest BCUT2D eigenvalue weighted by atomic mass is 32.1. The summed E-state index contributed by atoms with van der Waals surface area (Å²) in [5, 5.41) is 6.21. The van der Waals surface area contributed by atoms with E-state index in [2.05, 4.69) is 184 Å². The van der Waals surface area contributed by atoms with Gasteiger partial charge in [0, 0.05) is 77.5 Å². The largest absolute Gasteiger partial charge is 0.460 e. The maximum Gasteiger partial charge on any atom is 0.134 e. The number of hydrogen-bond acceptors (Lipinski definition) is 4. The molecule has 5 heteroatoms. The summed E-state index contributed by atoms with van der Waals surface area (Å²) in [6, 6.07) is 65.6. The molecule has 0 atom stereocenters. The maximum absolute atomic E-state index is 6.54. The van der Waals surface area contributed by atoms with Crippen molar-refractivity contribution in [3.8, 4) is 55.9 Å². The van der Waals surface area contributed by atoms with Gasteiger partial charge in [-0.2, -0.15) is 0 Å². The third-order valence-electron chi connectivity index (χ3n) is 12.8. The van der Waals surface area contributed by atoms with Gasteiger partial charge < -0.3 is 8.98 Å². The Hall–Kier alpha value is -7.86. The van der Waals surface area contributed by atoms with Crippen molar-refractivity contribution in [3.05, 3.63) is 206 Å². The van der Waals surface area contributed by atoms with Gasteiger partial charge in [0.1, 0.15) is 11.3 Å². The summed E-state index contributed by atoms with van der Waals surface area (Å²) >= 11 is 1.86. The second-order valence-corrected chi connectivity index (χ2v) is 17.5. The number of fused-ring (bicyclic) bond motifs is 9. The van der Waals surface area contributed by atoms with Gasteiger partial charge in [0.05, 0.1) is 22.4 Å². The van der Waals surface area contributed by atoms with Crippen LogP contribution in [0, 0.1) is 0 Å². The first kappa shape index (κ1) is 35.9. The summed E-state index contributed by atoms with van der Waals surface area (Å²) in [4.78, 5) is 9.36. The highest BCUT2D eigenvalue weighted by molar-refractivity contribution is 7.25. The molecule has 63 heavy (non-hydrogen) atoms. The predicted octanol–water partition coefficient (Wildman–Crippen LogP) is 16.0. The SMILES string of the molecule is C1=C(n2c3ccccc3c3cc(-c4ccc5sc6ccc(-c7ccccc7-c7ccccn7)cc6c5c4)ccc32)CCc2oc3ccc(-c4ccccc4-c4ccccn4)cc3c21. The topological polar surface area (TPSA) is 43.9 Å². The number of furan rings is 1. The smallest absolute Gasteiger partial charge is 0.134 e. The lowest BCUT2D eigenvalue weighted by Crippen LogP contribution is -2.03. The van der Waals surface area contributed by atoms with Gasteiger partial charge in [-0.25, -0.2) is 0 Å². The van der Waals surface area contributed by atoms with Crippen molar-refractivity contribution in [1.29, 1.82) is 0 Å². The lowest BCUT2D eigenvalue weighted by molar-refractivity contribution is 0.546. The first-order chi connectivity index (χ1) is 31.2. The number of pyridine rings is 2. The zero-order valence-electron chi connectivity index (χ0n) is 34.1. The lowest BCUT2D eigenvalue weighted by atomic mass is 9.94. The minimum Gasteiger partial charge on any atom is -0.460 e. The Morgan fingerprint density at radius 2 is 0.968 bits per heavy atom. The van der Waals surface area contributed by atoms with Crippen LogP contribution >= 0.6 is 11.3 Å². The second kappa shape index (κ2) is 14.4. The Morgan fingerprint density at radius 3 is 1.65 bits per heavy atom. The monoisotopic (exact) mass is 823 g/mol. The first-order valence-corrected chi connectivity index (χ1v) is 22.3. The second-order valence-electron chi connectivity index (χ2n) is 16.4. The number of allylic oxidation sites excluding steroid dienone is 1. The number of aryl methyl sites for hydroxylation is 1. The summed E-state index contributed by atoms with van der Waals surface area (Å²) in [6.45, 7) is 0. The quantitative estimate of drug-likeness (QED) is 0.168. The fraction of sp³-hybridized carbons (Fsp3) is 0.0345. The van der Waals surface area contributed by atoms with Crippen LogP contribution in [0.3, 0.4) is 0 Å². The van der Waals surface area contributed by atoms with Crippen LogP contribution in [0.1, 0.15) is 17.7 Å². The van der Waals surface area contributed by atoms with Gasteiger partial charge in [-0.1, -0.05) is 103 Å². The number of rotatable bonds is 6. The fourth-order valence-electron chi connectivity index (χ4n) is 9.88. The van der Waals surface area contributed by atoms with E-state index in [0.29, 0.717) is 0 Å². The normalized spacial score (nSPS) is 12.7. The van der Waals surface area contributed by atoms with Gasteiger partial charge in [0.25, 0.3) is 0 Å². The van der Waals surface area contributed by atoms with Crippen LogP contribution in [0.25, 0.3) is 121 Å². The molecule has 1 aliphatic rings. The van der Waals surface area contributed by atoms with E-state index in [0.717, 1.165) is 63.2 Å². The standard InChI is InChI=1S/C58H37N3OS/c1-3-13-43(51-16-7-9-29-59-51)41(11-1)38-20-25-55-47(33-38)48-35-40(23-26-56(48)62-55)61-53-18-6-5-15-45(53)46-31-36(19-24-54(46)61)37-21-27-57-49(32-37)50-34-39(22-28-58(50)63-57)42-12-2-4-14-44(42)52-17-8-10-30-60-52/h1-22,24-25,27-35H,23,26H2. The minimum absolute atomic E-state index is 0.840. The van der Waals surface area contributed by atoms with E-state index in [9.17, 15) is 0 Å². The van der Waals surface area contributed by atoms with Crippen LogP contribution in [0.2, 0.25) is 0 Å². The summed E-state index contributed by atoms with van der Waals surface area (Å²) in [7, 11) is 0. The number of nitrogens with zero attached hydrogens (tertiary/aromatic N) is 3. The molecule has 7 aromatic carbocycles. The van der Waals surface area contributed by atoms with Crippen molar-refractivity contribution in [2.45, 2.75) is 12.8 Å².